The van der Waals surface area contributed by atoms with Gasteiger partial charge in [-0.05, 0) is 75.4 Å². The predicted octanol–water partition coefficient (Wildman–Crippen LogP) is 2.99. The fourth-order valence-corrected chi connectivity index (χ4v) is 4.47. The zero-order valence-corrected chi connectivity index (χ0v) is 21.6. The van der Waals surface area contributed by atoms with E-state index < -0.39 is 0 Å². The Kier molecular flexibility index (Phi) is 10.1. The van der Waals surface area contributed by atoms with Crippen molar-refractivity contribution < 1.29 is 23.5 Å². The van der Waals surface area contributed by atoms with Crippen LogP contribution < -0.4 is 20.1 Å². The third-order valence-electron chi connectivity index (χ3n) is 6.32. The minimum atomic E-state index is -0.388. The number of ether oxygens (including phenoxy) is 2. The molecule has 0 bridgehead atoms. The van der Waals surface area contributed by atoms with Crippen LogP contribution in [-0.2, 0) is 16.1 Å². The standard InChI is InChI=1S/C27H37FN4O4/c1-31(2)13-5-12-29-26(33)20-15-21(27(34)30-23-9-7-22(28)8-10-23)18-32(17-20)16-19-6-11-24(35-3)25(14-19)36-4/h6-11,14,20-21H,5,12-13,15-18H2,1-4H3,(H,29,33)(H,30,34)/t20-,21+/m0/s1. The van der Waals surface area contributed by atoms with Gasteiger partial charge >= 0.3 is 0 Å². The second-order valence-electron chi connectivity index (χ2n) is 9.46. The lowest BCUT2D eigenvalue weighted by Gasteiger charge is -2.36. The lowest BCUT2D eigenvalue weighted by Crippen LogP contribution is -2.49. The third kappa shape index (κ3) is 7.93. The summed E-state index contributed by atoms with van der Waals surface area (Å²) >= 11 is 0. The lowest BCUT2D eigenvalue weighted by atomic mass is 9.87. The highest BCUT2D eigenvalue weighted by molar-refractivity contribution is 5.93. The van der Waals surface area contributed by atoms with E-state index in [0.29, 0.717) is 49.8 Å². The molecular formula is C27H37FN4O4. The quantitative estimate of drug-likeness (QED) is 0.462. The molecule has 2 N–H and O–H groups in total. The maximum absolute atomic E-state index is 13.3. The molecule has 2 atom stereocenters. The van der Waals surface area contributed by atoms with E-state index in [-0.39, 0.29) is 29.5 Å². The van der Waals surface area contributed by atoms with Crippen LogP contribution in [0.25, 0.3) is 0 Å². The maximum atomic E-state index is 13.3. The van der Waals surface area contributed by atoms with E-state index in [9.17, 15) is 14.0 Å². The first-order valence-corrected chi connectivity index (χ1v) is 12.2. The monoisotopic (exact) mass is 500 g/mol. The van der Waals surface area contributed by atoms with Crippen molar-refractivity contribution in [3.05, 3.63) is 53.8 Å². The lowest BCUT2D eigenvalue weighted by molar-refractivity contribution is -0.130. The van der Waals surface area contributed by atoms with Gasteiger partial charge in [0.1, 0.15) is 5.82 Å². The van der Waals surface area contributed by atoms with Gasteiger partial charge in [-0.1, -0.05) is 6.07 Å². The van der Waals surface area contributed by atoms with Gasteiger partial charge in [0, 0.05) is 31.9 Å². The van der Waals surface area contributed by atoms with Crippen molar-refractivity contribution in [3.8, 4) is 11.5 Å². The second kappa shape index (κ2) is 13.2. The average Bonchev–Trinajstić information content (AvgIpc) is 2.87. The van der Waals surface area contributed by atoms with E-state index in [0.717, 1.165) is 18.5 Å². The Morgan fingerprint density at radius 2 is 1.67 bits per heavy atom. The van der Waals surface area contributed by atoms with Crippen LogP contribution in [-0.4, -0.2) is 76.1 Å². The van der Waals surface area contributed by atoms with Gasteiger partial charge in [0.2, 0.25) is 11.8 Å². The number of halogens is 1. The summed E-state index contributed by atoms with van der Waals surface area (Å²) in [4.78, 5) is 30.4. The first kappa shape index (κ1) is 27.4. The van der Waals surface area contributed by atoms with Crippen molar-refractivity contribution in [3.63, 3.8) is 0 Å². The summed E-state index contributed by atoms with van der Waals surface area (Å²) in [6.45, 7) is 3.10. The molecule has 1 saturated heterocycles. The molecule has 1 fully saturated rings. The van der Waals surface area contributed by atoms with E-state index in [1.165, 1.54) is 24.3 Å². The van der Waals surface area contributed by atoms with Crippen molar-refractivity contribution in [2.24, 2.45) is 11.8 Å². The zero-order chi connectivity index (χ0) is 26.1. The highest BCUT2D eigenvalue weighted by atomic mass is 19.1. The van der Waals surface area contributed by atoms with Gasteiger partial charge in [0.15, 0.2) is 11.5 Å². The van der Waals surface area contributed by atoms with Crippen LogP contribution in [0, 0.1) is 17.7 Å². The Bertz CT molecular complexity index is 1020. The first-order chi connectivity index (χ1) is 17.3. The molecule has 36 heavy (non-hydrogen) atoms. The molecule has 0 radical (unpaired) electrons. The molecule has 2 amide bonds. The summed E-state index contributed by atoms with van der Waals surface area (Å²) in [7, 11) is 7.18. The van der Waals surface area contributed by atoms with Crippen LogP contribution in [0.2, 0.25) is 0 Å². The molecular weight excluding hydrogens is 463 g/mol. The SMILES string of the molecule is COc1ccc(CN2C[C@@H](C(=O)NCCCN(C)C)C[C@@H](C(=O)Nc3ccc(F)cc3)C2)cc1OC. The van der Waals surface area contributed by atoms with Crippen molar-refractivity contribution in [2.75, 3.05) is 59.8 Å². The Morgan fingerprint density at radius 3 is 2.31 bits per heavy atom. The fourth-order valence-electron chi connectivity index (χ4n) is 4.47. The number of likely N-dealkylation sites (tertiary alicyclic amines) is 1. The minimum absolute atomic E-state index is 0.0367. The average molecular weight is 501 g/mol. The Hall–Kier alpha value is -3.17. The highest BCUT2D eigenvalue weighted by Crippen LogP contribution is 2.30. The predicted molar refractivity (Wildman–Crippen MR) is 138 cm³/mol. The van der Waals surface area contributed by atoms with Gasteiger partial charge in [0.05, 0.1) is 26.1 Å². The molecule has 8 nitrogen and oxygen atoms in total. The summed E-state index contributed by atoms with van der Waals surface area (Å²) in [5.41, 5.74) is 1.53. The summed E-state index contributed by atoms with van der Waals surface area (Å²) in [6.07, 6.45) is 1.31. The number of nitrogens with zero attached hydrogens (tertiary/aromatic N) is 2. The van der Waals surface area contributed by atoms with E-state index in [2.05, 4.69) is 20.4 Å². The van der Waals surface area contributed by atoms with Crippen molar-refractivity contribution in [1.82, 2.24) is 15.1 Å². The Balaban J connectivity index is 1.71. The highest BCUT2D eigenvalue weighted by Gasteiger charge is 2.35. The summed E-state index contributed by atoms with van der Waals surface area (Å²) < 4.78 is 24.0. The second-order valence-corrected chi connectivity index (χ2v) is 9.46. The van der Waals surface area contributed by atoms with E-state index >= 15 is 0 Å². The van der Waals surface area contributed by atoms with Crippen molar-refractivity contribution in [2.45, 2.75) is 19.4 Å². The molecule has 0 aliphatic carbocycles. The Labute approximate surface area is 212 Å². The maximum Gasteiger partial charge on any atom is 0.228 e. The van der Waals surface area contributed by atoms with Crippen LogP contribution in [0.1, 0.15) is 18.4 Å². The third-order valence-corrected chi connectivity index (χ3v) is 6.32. The van der Waals surface area contributed by atoms with Crippen molar-refractivity contribution >= 4 is 17.5 Å². The number of rotatable bonds is 11. The number of hydrogen-bond donors (Lipinski definition) is 2. The van der Waals surface area contributed by atoms with E-state index in [1.54, 1.807) is 14.2 Å². The number of benzene rings is 2. The Morgan fingerprint density at radius 1 is 1.00 bits per heavy atom. The number of hydrogen-bond acceptors (Lipinski definition) is 6. The molecule has 0 unspecified atom stereocenters. The normalized spacial score (nSPS) is 18.1. The molecule has 0 saturated carbocycles. The van der Waals surface area contributed by atoms with Gasteiger partial charge in [-0.3, -0.25) is 14.5 Å². The molecule has 2 aromatic rings. The molecule has 9 heteroatoms. The number of carbonyl (C=O) groups excluding carboxylic acids is 2. The topological polar surface area (TPSA) is 83.1 Å². The van der Waals surface area contributed by atoms with Gasteiger partial charge in [-0.25, -0.2) is 4.39 Å². The minimum Gasteiger partial charge on any atom is -0.493 e. The smallest absolute Gasteiger partial charge is 0.228 e. The number of methoxy groups -OCH3 is 2. The van der Waals surface area contributed by atoms with Gasteiger partial charge in [0.25, 0.3) is 0 Å². The molecule has 0 aromatic heterocycles. The summed E-state index contributed by atoms with van der Waals surface area (Å²) in [6, 6.07) is 11.4. The van der Waals surface area contributed by atoms with Gasteiger partial charge in [-0.15, -0.1) is 0 Å². The van der Waals surface area contributed by atoms with Gasteiger partial charge < -0.3 is 25.0 Å². The van der Waals surface area contributed by atoms with Crippen LogP contribution >= 0.6 is 0 Å². The summed E-state index contributed by atoms with van der Waals surface area (Å²) in [5.74, 6) is -0.00458. The van der Waals surface area contributed by atoms with Crippen LogP contribution in [0.5, 0.6) is 11.5 Å². The number of amides is 2. The van der Waals surface area contributed by atoms with E-state index in [4.69, 9.17) is 9.47 Å². The van der Waals surface area contributed by atoms with Crippen LogP contribution in [0.4, 0.5) is 10.1 Å². The number of anilines is 1. The number of carbonyl (C=O) groups is 2. The summed E-state index contributed by atoms with van der Waals surface area (Å²) in [5, 5.41) is 5.91. The van der Waals surface area contributed by atoms with Gasteiger partial charge in [-0.2, -0.15) is 0 Å². The molecule has 196 valence electrons. The molecule has 2 aromatic carbocycles. The van der Waals surface area contributed by atoms with E-state index in [1.807, 2.05) is 32.3 Å². The molecule has 1 heterocycles. The van der Waals surface area contributed by atoms with Crippen LogP contribution in [0.3, 0.4) is 0 Å². The molecule has 0 spiro atoms. The molecule has 1 aliphatic rings. The zero-order valence-electron chi connectivity index (χ0n) is 21.6. The van der Waals surface area contributed by atoms with Crippen molar-refractivity contribution in [1.29, 1.82) is 0 Å². The fraction of sp³-hybridized carbons (Fsp3) is 0.481. The first-order valence-electron chi connectivity index (χ1n) is 12.2. The molecule has 3 rings (SSSR count). The number of piperidine rings is 1. The largest absolute Gasteiger partial charge is 0.493 e. The van der Waals surface area contributed by atoms with Crippen LogP contribution in [0.15, 0.2) is 42.5 Å². The molecule has 1 aliphatic heterocycles. The number of nitrogens with one attached hydrogen (secondary N) is 2.